The van der Waals surface area contributed by atoms with Crippen molar-refractivity contribution in [2.75, 3.05) is 0 Å². The molecule has 0 N–H and O–H groups in total. The van der Waals surface area contributed by atoms with Crippen molar-refractivity contribution in [3.05, 3.63) is 59.7 Å². The van der Waals surface area contributed by atoms with E-state index in [0.717, 1.165) is 0 Å². The van der Waals surface area contributed by atoms with Crippen molar-refractivity contribution in [3.8, 4) is 0 Å². The Morgan fingerprint density at radius 2 is 1.71 bits per heavy atom. The minimum atomic E-state index is -1.88. The monoisotopic (exact) mass is 436 g/mol. The van der Waals surface area contributed by atoms with Gasteiger partial charge < -0.3 is 0 Å². The number of halogens is 2. The molecule has 0 unspecified atom stereocenters. The predicted octanol–water partition coefficient (Wildman–Crippen LogP) is 5.16. The van der Waals surface area contributed by atoms with Crippen LogP contribution in [0.1, 0.15) is 18.1 Å². The summed E-state index contributed by atoms with van der Waals surface area (Å²) in [7, 11) is 10.8. The van der Waals surface area contributed by atoms with Crippen LogP contribution in [0.5, 0.6) is 0 Å². The van der Waals surface area contributed by atoms with Crippen molar-refractivity contribution in [1.29, 1.82) is 0 Å². The molecule has 0 radical (unpaired) electrons. The van der Waals surface area contributed by atoms with Crippen molar-refractivity contribution in [1.82, 2.24) is 0 Å². The van der Waals surface area contributed by atoms with Gasteiger partial charge in [-0.25, -0.2) is 23.8 Å². The molecule has 0 spiro atoms. The maximum Gasteiger partial charge on any atom is -0.0635 e. The van der Waals surface area contributed by atoms with Crippen LogP contribution in [0.3, 0.4) is 0 Å². The minimum absolute atomic E-state index is 1.36. The van der Waals surface area contributed by atoms with Crippen molar-refractivity contribution in [2.45, 2.75) is 20.8 Å². The second kappa shape index (κ2) is 11.1. The van der Waals surface area contributed by atoms with Crippen molar-refractivity contribution >= 4 is 20.9 Å². The molecule has 0 aromatic heterocycles. The van der Waals surface area contributed by atoms with E-state index in [4.69, 9.17) is 17.2 Å². The smallest absolute Gasteiger partial charge is 0.0635 e. The fourth-order valence-electron chi connectivity index (χ4n) is 1.04. The fourth-order valence-corrected chi connectivity index (χ4v) is 1.04. The third kappa shape index (κ3) is 12.3. The van der Waals surface area contributed by atoms with Gasteiger partial charge in [0.1, 0.15) is 0 Å². The van der Waals surface area contributed by atoms with Crippen LogP contribution < -0.4 is 0 Å². The van der Waals surface area contributed by atoms with Crippen molar-refractivity contribution in [2.24, 2.45) is 0 Å². The largest absolute Gasteiger partial charge is 0.214 e. The molecule has 0 bridgehead atoms. The van der Waals surface area contributed by atoms with Gasteiger partial charge in [0.05, 0.1) is 0 Å². The van der Waals surface area contributed by atoms with Crippen LogP contribution in [0.2, 0.25) is 0 Å². The van der Waals surface area contributed by atoms with Gasteiger partial charge in [0, 0.05) is 0 Å². The molecule has 0 heterocycles. The van der Waals surface area contributed by atoms with E-state index >= 15 is 0 Å². The van der Waals surface area contributed by atoms with Gasteiger partial charge in [0.2, 0.25) is 0 Å². The third-order valence-electron chi connectivity index (χ3n) is 1.84. The fraction of sp³-hybridized carbons (Fsp3) is 0.214. The number of aryl methyl sites for hydroxylation is 2. The summed E-state index contributed by atoms with van der Waals surface area (Å²) in [6, 6.07) is 16.4. The van der Waals surface area contributed by atoms with Crippen LogP contribution in [-0.4, -0.2) is 3.76 Å². The molecule has 2 rings (SSSR count). The van der Waals surface area contributed by atoms with Crippen molar-refractivity contribution in [3.63, 3.8) is 0 Å². The molecule has 0 fully saturated rings. The predicted molar refractivity (Wildman–Crippen MR) is 77.0 cm³/mol. The molecule has 17 heavy (non-hydrogen) atoms. The van der Waals surface area contributed by atoms with E-state index in [-0.39, 0.29) is 0 Å². The van der Waals surface area contributed by atoms with E-state index < -0.39 is 18.6 Å². The van der Waals surface area contributed by atoms with E-state index in [9.17, 15) is 0 Å². The zero-order valence-corrected chi connectivity index (χ0v) is 15.6. The molecule has 0 aliphatic rings. The summed E-state index contributed by atoms with van der Waals surface area (Å²) >= 11 is -1.88. The van der Waals surface area contributed by atoms with Crippen LogP contribution in [0.15, 0.2) is 48.5 Å². The van der Waals surface area contributed by atoms with Crippen LogP contribution in [0.4, 0.5) is 0 Å². The molecule has 0 amide bonds. The Hall–Kier alpha value is 0.0201. The average Bonchev–Trinajstić information content (AvgIpc) is 2.94. The summed E-state index contributed by atoms with van der Waals surface area (Å²) in [4.78, 5) is 0. The number of hydrogen-bond acceptors (Lipinski definition) is 0. The Balaban J connectivity index is 0.000000232. The maximum atomic E-state index is 5.39. The second-order valence-corrected chi connectivity index (χ2v) is 15.9. The molecule has 0 atom stereocenters. The topological polar surface area (TPSA) is 0 Å². The Kier molecular flexibility index (Phi) is 11.1. The molecule has 2 aromatic carbocycles. The first-order chi connectivity index (χ1) is 8.06. The first-order valence-electron chi connectivity index (χ1n) is 5.40. The van der Waals surface area contributed by atoms with Crippen LogP contribution in [0.25, 0.3) is 0 Å². The van der Waals surface area contributed by atoms with Gasteiger partial charge in [-0.2, -0.15) is 35.9 Å². The summed E-state index contributed by atoms with van der Waals surface area (Å²) < 4.78 is 1.91. The van der Waals surface area contributed by atoms with Gasteiger partial charge >= 0.3 is 46.4 Å². The molecule has 0 saturated carbocycles. The Morgan fingerprint density at radius 3 is 1.82 bits per heavy atom. The van der Waals surface area contributed by atoms with Gasteiger partial charge in [-0.05, 0) is 0 Å². The summed E-state index contributed by atoms with van der Waals surface area (Å²) in [5.41, 5.74) is 2.72. The van der Waals surface area contributed by atoms with Gasteiger partial charge in [0.25, 0.3) is 0 Å². The first-order valence-corrected chi connectivity index (χ1v) is 16.4. The molecule has 0 aliphatic carbocycles. The molecule has 2 aromatic rings. The van der Waals surface area contributed by atoms with Crippen LogP contribution in [0, 0.1) is 13.8 Å². The van der Waals surface area contributed by atoms with Gasteiger partial charge in [0.15, 0.2) is 0 Å². The van der Waals surface area contributed by atoms with Gasteiger partial charge in [-0.15, -0.1) is 0 Å². The van der Waals surface area contributed by atoms with E-state index in [2.05, 4.69) is 32.0 Å². The molecule has 0 nitrogen and oxygen atoms in total. The van der Waals surface area contributed by atoms with Gasteiger partial charge in [-0.1, -0.05) is 13.8 Å². The average molecular weight is 436 g/mol. The van der Waals surface area contributed by atoms with E-state index in [1.54, 1.807) is 0 Å². The molecular weight excluding hydrogens is 418 g/mol. The Bertz CT molecular complexity index is 362. The molecule has 3 heteroatoms. The normalized spacial score (nSPS) is 8.29. The summed E-state index contributed by atoms with van der Waals surface area (Å²) in [5.74, 6) is 0. The van der Waals surface area contributed by atoms with Gasteiger partial charge in [-0.3, -0.25) is 0 Å². The zero-order chi connectivity index (χ0) is 13.1. The number of hydrogen-bond donors (Lipinski definition) is 0. The summed E-state index contributed by atoms with van der Waals surface area (Å²) in [5, 5.41) is 0. The molecule has 94 valence electrons. The van der Waals surface area contributed by atoms with Crippen LogP contribution >= 0.6 is 17.2 Å². The first kappa shape index (κ1) is 17.0. The Labute approximate surface area is 119 Å². The third-order valence-corrected chi connectivity index (χ3v) is 6.98. The quantitative estimate of drug-likeness (QED) is 0.396. The Morgan fingerprint density at radius 1 is 1.18 bits per heavy atom. The maximum absolute atomic E-state index is 5.39. The van der Waals surface area contributed by atoms with E-state index in [1.165, 1.54) is 11.1 Å². The van der Waals surface area contributed by atoms with Crippen molar-refractivity contribution < 1.29 is 18.6 Å². The summed E-state index contributed by atoms with van der Waals surface area (Å²) in [6.45, 7) is 6.11. The molecule has 0 saturated heterocycles. The number of rotatable bonds is 0. The standard InChI is InChI=1S/C7H9.C5H5.C2H4.2ClH.Hf/c1-6-3-4-7(2)5-6;1-2-4-5-3-1;1-2;;;/h3-5H,1-2H3;1-5H;1H,2H3;2*1H;/q2*-1;;;;+2/p-2. The SMILES string of the molecule is C[CH]=[Hf]([Cl])[Cl].Cc1c[cH-]c(C)c1.c1cc[cH-]c1. The zero-order valence-electron chi connectivity index (χ0n) is 10.5. The molecule has 0 aliphatic heterocycles. The molecular formula is C14H18Cl2Hf-2. The van der Waals surface area contributed by atoms with E-state index in [0.29, 0.717) is 0 Å². The summed E-state index contributed by atoms with van der Waals surface area (Å²) in [6.07, 6.45) is 0. The second-order valence-electron chi connectivity index (χ2n) is 3.51. The van der Waals surface area contributed by atoms with Crippen LogP contribution in [-0.2, 0) is 18.6 Å². The minimum Gasteiger partial charge on any atom is -0.214 e. The van der Waals surface area contributed by atoms with E-state index in [1.807, 2.05) is 41.0 Å².